The maximum Gasteiger partial charge on any atom is 0.492 e. The lowest BCUT2D eigenvalue weighted by Gasteiger charge is -2.27. The van der Waals surface area contributed by atoms with Gasteiger partial charge < -0.3 is 14.8 Å². The van der Waals surface area contributed by atoms with Crippen LogP contribution in [0.2, 0.25) is 0 Å². The van der Waals surface area contributed by atoms with Gasteiger partial charge in [0.15, 0.2) is 0 Å². The highest BCUT2D eigenvalue weighted by Gasteiger charge is 2.22. The Kier molecular flexibility index (Phi) is 4.08. The Balaban J connectivity index is 2.03. The van der Waals surface area contributed by atoms with Crippen LogP contribution < -0.4 is 10.2 Å². The molecule has 1 aromatic carbocycles. The third-order valence-corrected chi connectivity index (χ3v) is 3.45. The minimum Gasteiger partial charge on any atom is -0.491 e. The van der Waals surface area contributed by atoms with E-state index in [1.54, 1.807) is 18.2 Å². The van der Waals surface area contributed by atoms with E-state index in [4.69, 9.17) is 4.74 Å². The Hall–Kier alpha value is -0.995. The molecule has 0 atom stereocenters. The van der Waals surface area contributed by atoms with Crippen LogP contribution in [0.5, 0.6) is 5.75 Å². The number of ether oxygens (including phenoxy) is 1. The van der Waals surface area contributed by atoms with Crippen molar-refractivity contribution in [1.82, 2.24) is 0 Å². The fourth-order valence-electron chi connectivity index (χ4n) is 2.33. The standard InChI is InChI=1S/C13H19BO3/c1-10-6-8-11(9-7-10)17-13-5-3-2-4-12(13)14(15)16/h2-5,10-11,15-16H,6-9H2,1H3. The van der Waals surface area contributed by atoms with E-state index in [0.29, 0.717) is 11.2 Å². The van der Waals surface area contributed by atoms with Crippen molar-refractivity contribution in [2.45, 2.75) is 38.7 Å². The van der Waals surface area contributed by atoms with Gasteiger partial charge in [0.25, 0.3) is 0 Å². The minimum absolute atomic E-state index is 0.214. The summed E-state index contributed by atoms with van der Waals surface area (Å²) in [4.78, 5) is 0. The Morgan fingerprint density at radius 2 is 1.76 bits per heavy atom. The minimum atomic E-state index is -1.46. The molecule has 0 bridgehead atoms. The largest absolute Gasteiger partial charge is 0.492 e. The molecule has 0 aliphatic heterocycles. The summed E-state index contributed by atoms with van der Waals surface area (Å²) in [6.45, 7) is 2.27. The smallest absolute Gasteiger partial charge is 0.491 e. The van der Waals surface area contributed by atoms with Gasteiger partial charge in [-0.05, 0) is 37.7 Å². The molecule has 1 aliphatic carbocycles. The van der Waals surface area contributed by atoms with E-state index < -0.39 is 7.12 Å². The molecule has 0 amide bonds. The van der Waals surface area contributed by atoms with Gasteiger partial charge in [-0.25, -0.2) is 0 Å². The average molecular weight is 234 g/mol. The van der Waals surface area contributed by atoms with Gasteiger partial charge in [0.2, 0.25) is 0 Å². The molecule has 0 spiro atoms. The van der Waals surface area contributed by atoms with Gasteiger partial charge in [-0.3, -0.25) is 0 Å². The quantitative estimate of drug-likeness (QED) is 0.775. The summed E-state index contributed by atoms with van der Waals surface area (Å²) < 4.78 is 5.88. The fourth-order valence-corrected chi connectivity index (χ4v) is 2.33. The van der Waals surface area contributed by atoms with Crippen molar-refractivity contribution in [2.75, 3.05) is 0 Å². The molecule has 3 nitrogen and oxygen atoms in total. The fraction of sp³-hybridized carbons (Fsp3) is 0.538. The van der Waals surface area contributed by atoms with Crippen LogP contribution in [0.4, 0.5) is 0 Å². The molecule has 2 N–H and O–H groups in total. The molecule has 1 aromatic rings. The molecule has 1 aliphatic rings. The van der Waals surface area contributed by atoms with Gasteiger partial charge in [-0.15, -0.1) is 0 Å². The lowest BCUT2D eigenvalue weighted by Crippen LogP contribution is -2.33. The summed E-state index contributed by atoms with van der Waals surface area (Å²) >= 11 is 0. The first-order valence-electron chi connectivity index (χ1n) is 6.28. The maximum atomic E-state index is 9.25. The molecule has 1 saturated carbocycles. The van der Waals surface area contributed by atoms with Crippen LogP contribution >= 0.6 is 0 Å². The zero-order chi connectivity index (χ0) is 12.3. The summed E-state index contributed by atoms with van der Waals surface area (Å²) in [6, 6.07) is 7.12. The second-order valence-electron chi connectivity index (χ2n) is 4.91. The highest BCUT2D eigenvalue weighted by Crippen LogP contribution is 2.26. The van der Waals surface area contributed by atoms with Gasteiger partial charge in [0.1, 0.15) is 5.75 Å². The number of para-hydroxylation sites is 1. The van der Waals surface area contributed by atoms with Crippen LogP contribution in [-0.4, -0.2) is 23.3 Å². The first-order chi connectivity index (χ1) is 8.16. The predicted octanol–water partition coefficient (Wildman–Crippen LogP) is 1.32. The summed E-state index contributed by atoms with van der Waals surface area (Å²) in [5.41, 5.74) is 0.450. The van der Waals surface area contributed by atoms with Gasteiger partial charge in [-0.1, -0.05) is 25.1 Å². The highest BCUT2D eigenvalue weighted by molar-refractivity contribution is 6.59. The molecular weight excluding hydrogens is 215 g/mol. The van der Waals surface area contributed by atoms with Gasteiger partial charge in [0.05, 0.1) is 6.10 Å². The van der Waals surface area contributed by atoms with E-state index in [1.165, 1.54) is 12.8 Å². The number of benzene rings is 1. The number of rotatable bonds is 3. The lowest BCUT2D eigenvalue weighted by molar-refractivity contribution is 0.136. The second kappa shape index (κ2) is 5.56. The predicted molar refractivity (Wildman–Crippen MR) is 68.3 cm³/mol. The van der Waals surface area contributed by atoms with E-state index in [-0.39, 0.29) is 6.10 Å². The van der Waals surface area contributed by atoms with E-state index in [0.717, 1.165) is 18.8 Å². The Morgan fingerprint density at radius 1 is 1.12 bits per heavy atom. The van der Waals surface area contributed by atoms with Crippen molar-refractivity contribution in [3.63, 3.8) is 0 Å². The molecule has 0 aromatic heterocycles. The van der Waals surface area contributed by atoms with Gasteiger partial charge >= 0.3 is 7.12 Å². The van der Waals surface area contributed by atoms with Gasteiger partial charge in [-0.2, -0.15) is 0 Å². The van der Waals surface area contributed by atoms with Crippen LogP contribution in [0.3, 0.4) is 0 Å². The van der Waals surface area contributed by atoms with E-state index in [2.05, 4.69) is 6.92 Å². The maximum absolute atomic E-state index is 9.25. The lowest BCUT2D eigenvalue weighted by atomic mass is 9.79. The summed E-state index contributed by atoms with van der Waals surface area (Å²) in [7, 11) is -1.46. The van der Waals surface area contributed by atoms with Crippen molar-refractivity contribution in [1.29, 1.82) is 0 Å². The SMILES string of the molecule is CC1CCC(Oc2ccccc2B(O)O)CC1. The number of hydrogen-bond acceptors (Lipinski definition) is 3. The molecule has 2 rings (SSSR count). The highest BCUT2D eigenvalue weighted by atomic mass is 16.5. The zero-order valence-electron chi connectivity index (χ0n) is 10.2. The van der Waals surface area contributed by atoms with Crippen LogP contribution in [0.25, 0.3) is 0 Å². The summed E-state index contributed by atoms with van der Waals surface area (Å²) in [5, 5.41) is 18.5. The zero-order valence-corrected chi connectivity index (χ0v) is 10.2. The summed E-state index contributed by atoms with van der Waals surface area (Å²) in [5.74, 6) is 1.38. The molecule has 92 valence electrons. The molecule has 0 unspecified atom stereocenters. The van der Waals surface area contributed by atoms with Crippen molar-refractivity contribution in [3.8, 4) is 5.75 Å². The number of hydrogen-bond donors (Lipinski definition) is 2. The average Bonchev–Trinajstić information content (AvgIpc) is 2.32. The van der Waals surface area contributed by atoms with Crippen molar-refractivity contribution >= 4 is 12.6 Å². The summed E-state index contributed by atoms with van der Waals surface area (Å²) in [6.07, 6.45) is 4.70. The molecule has 17 heavy (non-hydrogen) atoms. The third kappa shape index (κ3) is 3.24. The monoisotopic (exact) mass is 234 g/mol. The molecule has 0 saturated heterocycles. The van der Waals surface area contributed by atoms with Crippen molar-refractivity contribution in [2.24, 2.45) is 5.92 Å². The van der Waals surface area contributed by atoms with Crippen LogP contribution in [0, 0.1) is 5.92 Å². The third-order valence-electron chi connectivity index (χ3n) is 3.45. The first-order valence-corrected chi connectivity index (χ1v) is 6.28. The van der Waals surface area contributed by atoms with Crippen LogP contribution in [0.1, 0.15) is 32.6 Å². The Labute approximate surface area is 103 Å². The molecule has 1 fully saturated rings. The normalized spacial score (nSPS) is 24.4. The first kappa shape index (κ1) is 12.5. The van der Waals surface area contributed by atoms with E-state index in [1.807, 2.05) is 6.07 Å². The van der Waals surface area contributed by atoms with Gasteiger partial charge in [0, 0.05) is 5.46 Å². The second-order valence-corrected chi connectivity index (χ2v) is 4.91. The van der Waals surface area contributed by atoms with Crippen LogP contribution in [0.15, 0.2) is 24.3 Å². The van der Waals surface area contributed by atoms with E-state index in [9.17, 15) is 10.0 Å². The molecule has 4 heteroatoms. The topological polar surface area (TPSA) is 49.7 Å². The van der Waals surface area contributed by atoms with Crippen molar-refractivity contribution < 1.29 is 14.8 Å². The Bertz CT molecular complexity index is 359. The van der Waals surface area contributed by atoms with Crippen molar-refractivity contribution in [3.05, 3.63) is 24.3 Å². The van der Waals surface area contributed by atoms with E-state index >= 15 is 0 Å². The Morgan fingerprint density at radius 3 is 2.41 bits per heavy atom. The van der Waals surface area contributed by atoms with Crippen LogP contribution in [-0.2, 0) is 0 Å². The molecular formula is C13H19BO3. The molecule has 0 radical (unpaired) electrons. The molecule has 0 heterocycles.